The first-order chi connectivity index (χ1) is 14.2. The van der Waals surface area contributed by atoms with E-state index in [4.69, 9.17) is 10.8 Å². The van der Waals surface area contributed by atoms with Gasteiger partial charge < -0.3 is 31.6 Å². The van der Waals surface area contributed by atoms with Gasteiger partial charge in [-0.05, 0) is 43.4 Å². The summed E-state index contributed by atoms with van der Waals surface area (Å²) in [7, 11) is 0. The topological polar surface area (TPSA) is 158 Å². The molecule has 1 aromatic heterocycles. The number of aromatic nitrogens is 1. The summed E-state index contributed by atoms with van der Waals surface area (Å²) in [5, 5.41) is 24.6. The number of fused-ring (bicyclic) bond motifs is 1. The molecule has 4 unspecified atom stereocenters. The fraction of sp³-hybridized carbons (Fsp3) is 0.450. The van der Waals surface area contributed by atoms with Crippen LogP contribution in [0.1, 0.15) is 18.9 Å². The highest BCUT2D eigenvalue weighted by molar-refractivity contribution is 7.98. The number of aromatic amines is 1. The largest absolute Gasteiger partial charge is 0.480 e. The standard InChI is InChI=1S/C20H28N4O5S/c1-11(25)17(20(28)29)24-19(27)16(7-8-30-2)23-18(26)14(21)9-12-10-22-15-6-4-3-5-13(12)15/h3-6,10-11,14,16-17,22,25H,7-9,21H2,1-2H3,(H,23,26)(H,24,27)(H,28,29). The average molecular weight is 437 g/mol. The van der Waals surface area contributed by atoms with Crippen LogP contribution in [0.2, 0.25) is 0 Å². The maximum Gasteiger partial charge on any atom is 0.328 e. The van der Waals surface area contributed by atoms with Gasteiger partial charge >= 0.3 is 5.97 Å². The number of carboxylic acids is 1. The summed E-state index contributed by atoms with van der Waals surface area (Å²) in [6.45, 7) is 1.27. The summed E-state index contributed by atoms with van der Waals surface area (Å²) in [5.74, 6) is -1.97. The maximum absolute atomic E-state index is 12.6. The molecule has 0 saturated carbocycles. The molecule has 0 aliphatic carbocycles. The zero-order valence-electron chi connectivity index (χ0n) is 16.9. The van der Waals surface area contributed by atoms with Crippen molar-refractivity contribution in [3.8, 4) is 0 Å². The minimum absolute atomic E-state index is 0.276. The van der Waals surface area contributed by atoms with Gasteiger partial charge in [-0.3, -0.25) is 9.59 Å². The van der Waals surface area contributed by atoms with E-state index in [0.29, 0.717) is 12.2 Å². The fourth-order valence-corrected chi connectivity index (χ4v) is 3.53. The number of aliphatic hydroxyl groups excluding tert-OH is 1. The SMILES string of the molecule is CSCCC(NC(=O)C(N)Cc1c[nH]c2ccccc12)C(=O)NC(C(=O)O)C(C)O. The Labute approximate surface area is 178 Å². The van der Waals surface area contributed by atoms with Crippen molar-refractivity contribution in [2.75, 3.05) is 12.0 Å². The van der Waals surface area contributed by atoms with Crippen molar-refractivity contribution >= 4 is 40.4 Å². The molecule has 0 aliphatic rings. The number of para-hydroxylation sites is 1. The lowest BCUT2D eigenvalue weighted by atomic mass is 10.0. The van der Waals surface area contributed by atoms with Gasteiger partial charge in [-0.15, -0.1) is 0 Å². The van der Waals surface area contributed by atoms with Crippen LogP contribution in [0.3, 0.4) is 0 Å². The summed E-state index contributed by atoms with van der Waals surface area (Å²) < 4.78 is 0. The van der Waals surface area contributed by atoms with Crippen LogP contribution in [0.25, 0.3) is 10.9 Å². The second-order valence-corrected chi connectivity index (χ2v) is 8.06. The van der Waals surface area contributed by atoms with E-state index in [1.165, 1.54) is 18.7 Å². The number of thioether (sulfide) groups is 1. The number of H-pyrrole nitrogens is 1. The molecule has 1 aromatic carbocycles. The Balaban J connectivity index is 2.05. The zero-order valence-corrected chi connectivity index (χ0v) is 17.7. The molecule has 4 atom stereocenters. The summed E-state index contributed by atoms with van der Waals surface area (Å²) in [4.78, 5) is 39.6. The third-order valence-corrected chi connectivity index (χ3v) is 5.39. The number of aliphatic carboxylic acids is 1. The lowest BCUT2D eigenvalue weighted by molar-refractivity contribution is -0.145. The van der Waals surface area contributed by atoms with E-state index in [9.17, 15) is 19.5 Å². The molecule has 0 bridgehead atoms. The molecular formula is C20H28N4O5S. The Morgan fingerprint density at radius 2 is 1.90 bits per heavy atom. The van der Waals surface area contributed by atoms with E-state index in [-0.39, 0.29) is 6.42 Å². The molecule has 9 nitrogen and oxygen atoms in total. The van der Waals surface area contributed by atoms with Crippen LogP contribution in [0.5, 0.6) is 0 Å². The van der Waals surface area contributed by atoms with Crippen LogP contribution in [0, 0.1) is 0 Å². The Bertz CT molecular complexity index is 885. The Morgan fingerprint density at radius 1 is 1.20 bits per heavy atom. The van der Waals surface area contributed by atoms with Gasteiger partial charge in [0.15, 0.2) is 6.04 Å². The number of aliphatic hydroxyl groups is 1. The Kier molecular flexibility index (Phi) is 8.70. The number of nitrogens with two attached hydrogens (primary N) is 1. The van der Waals surface area contributed by atoms with Crippen LogP contribution >= 0.6 is 11.8 Å². The quantitative estimate of drug-likeness (QED) is 0.294. The van der Waals surface area contributed by atoms with Crippen LogP contribution in [0.15, 0.2) is 30.5 Å². The number of hydrogen-bond acceptors (Lipinski definition) is 6. The summed E-state index contributed by atoms with van der Waals surface area (Å²) in [6, 6.07) is 4.35. The first-order valence-electron chi connectivity index (χ1n) is 9.55. The normalized spacial score (nSPS) is 15.2. The van der Waals surface area contributed by atoms with Crippen molar-refractivity contribution in [2.45, 2.75) is 44.0 Å². The predicted molar refractivity (Wildman–Crippen MR) is 116 cm³/mol. The summed E-state index contributed by atoms with van der Waals surface area (Å²) in [5.41, 5.74) is 7.90. The number of carboxylic acid groups (broad SMARTS) is 1. The fourth-order valence-electron chi connectivity index (χ4n) is 3.06. The number of carbonyl (C=O) groups is 3. The molecule has 2 amide bonds. The zero-order chi connectivity index (χ0) is 22.3. The molecule has 10 heteroatoms. The van der Waals surface area contributed by atoms with Crippen molar-refractivity contribution in [3.63, 3.8) is 0 Å². The number of benzene rings is 1. The van der Waals surface area contributed by atoms with Crippen LogP contribution in [-0.4, -0.2) is 69.2 Å². The van der Waals surface area contributed by atoms with Crippen LogP contribution < -0.4 is 16.4 Å². The molecule has 1 heterocycles. The number of rotatable bonds is 11. The second-order valence-electron chi connectivity index (χ2n) is 7.08. The van der Waals surface area contributed by atoms with Crippen molar-refractivity contribution in [2.24, 2.45) is 5.73 Å². The summed E-state index contributed by atoms with van der Waals surface area (Å²) >= 11 is 1.49. The van der Waals surface area contributed by atoms with E-state index in [1.807, 2.05) is 30.5 Å². The van der Waals surface area contributed by atoms with Gasteiger partial charge in [0, 0.05) is 17.1 Å². The lowest BCUT2D eigenvalue weighted by Crippen LogP contribution is -2.56. The van der Waals surface area contributed by atoms with E-state index in [1.54, 1.807) is 6.20 Å². The van der Waals surface area contributed by atoms with Gasteiger partial charge in [-0.1, -0.05) is 18.2 Å². The minimum Gasteiger partial charge on any atom is -0.480 e. The van der Waals surface area contributed by atoms with Crippen molar-refractivity contribution < 1.29 is 24.6 Å². The van der Waals surface area contributed by atoms with E-state index < -0.39 is 42.0 Å². The third kappa shape index (κ3) is 6.22. The molecule has 0 fully saturated rings. The lowest BCUT2D eigenvalue weighted by Gasteiger charge is -2.23. The molecule has 2 rings (SSSR count). The van der Waals surface area contributed by atoms with Gasteiger partial charge in [-0.25, -0.2) is 4.79 Å². The van der Waals surface area contributed by atoms with Crippen LogP contribution in [-0.2, 0) is 20.8 Å². The predicted octanol–water partition coefficient (Wildman–Crippen LogP) is 0.226. The smallest absolute Gasteiger partial charge is 0.328 e. The number of amides is 2. The van der Waals surface area contributed by atoms with Gasteiger partial charge in [0.2, 0.25) is 11.8 Å². The molecule has 0 aliphatic heterocycles. The van der Waals surface area contributed by atoms with Gasteiger partial charge in [0.05, 0.1) is 12.1 Å². The van der Waals surface area contributed by atoms with E-state index in [2.05, 4.69) is 15.6 Å². The van der Waals surface area contributed by atoms with E-state index in [0.717, 1.165) is 16.5 Å². The number of carbonyl (C=O) groups excluding carboxylic acids is 2. The maximum atomic E-state index is 12.6. The van der Waals surface area contributed by atoms with Crippen LogP contribution in [0.4, 0.5) is 0 Å². The van der Waals surface area contributed by atoms with Gasteiger partial charge in [0.25, 0.3) is 0 Å². The molecule has 0 radical (unpaired) electrons. The molecule has 0 saturated heterocycles. The average Bonchev–Trinajstić information content (AvgIpc) is 3.11. The third-order valence-electron chi connectivity index (χ3n) is 4.74. The van der Waals surface area contributed by atoms with Gasteiger partial charge in [-0.2, -0.15) is 11.8 Å². The number of nitrogens with one attached hydrogen (secondary N) is 3. The summed E-state index contributed by atoms with van der Waals surface area (Å²) in [6.07, 6.45) is 2.95. The molecule has 2 aromatic rings. The molecule has 7 N–H and O–H groups in total. The number of hydrogen-bond donors (Lipinski definition) is 6. The molecule has 164 valence electrons. The van der Waals surface area contributed by atoms with Crippen molar-refractivity contribution in [3.05, 3.63) is 36.0 Å². The van der Waals surface area contributed by atoms with E-state index >= 15 is 0 Å². The minimum atomic E-state index is -1.47. The molecule has 0 spiro atoms. The Hall–Kier alpha value is -2.56. The highest BCUT2D eigenvalue weighted by Crippen LogP contribution is 2.18. The highest BCUT2D eigenvalue weighted by atomic mass is 32.2. The highest BCUT2D eigenvalue weighted by Gasteiger charge is 2.30. The molecular weight excluding hydrogens is 408 g/mol. The second kappa shape index (κ2) is 11.0. The molecule has 30 heavy (non-hydrogen) atoms. The Morgan fingerprint density at radius 3 is 2.53 bits per heavy atom. The van der Waals surface area contributed by atoms with Crippen molar-refractivity contribution in [1.82, 2.24) is 15.6 Å². The van der Waals surface area contributed by atoms with Crippen molar-refractivity contribution in [1.29, 1.82) is 0 Å². The first-order valence-corrected chi connectivity index (χ1v) is 10.9. The first kappa shape index (κ1) is 23.7. The monoisotopic (exact) mass is 436 g/mol. The van der Waals surface area contributed by atoms with Gasteiger partial charge in [0.1, 0.15) is 6.04 Å².